The van der Waals surface area contributed by atoms with Gasteiger partial charge in [-0.05, 0) is 38.4 Å². The van der Waals surface area contributed by atoms with Crippen LogP contribution in [-0.2, 0) is 4.79 Å². The standard InChI is InChI=1S/C15H21NO4/c1-2-19-13-7-3-4-8-14(13)20-11-10-16-9-5-6-12(16)15(17)18/h3-4,7-8,12H,2,5-6,9-11H2,1H3,(H,17,18)/t12-/m0/s1. The van der Waals surface area contributed by atoms with Crippen LogP contribution in [0.5, 0.6) is 11.5 Å². The number of nitrogens with zero attached hydrogens (tertiary/aromatic N) is 1. The van der Waals surface area contributed by atoms with Crippen molar-refractivity contribution in [3.05, 3.63) is 24.3 Å². The van der Waals surface area contributed by atoms with Crippen LogP contribution < -0.4 is 9.47 Å². The number of carboxylic acid groups (broad SMARTS) is 1. The molecule has 0 spiro atoms. The summed E-state index contributed by atoms with van der Waals surface area (Å²) >= 11 is 0. The average Bonchev–Trinajstić information content (AvgIpc) is 2.90. The molecule has 1 aromatic rings. The monoisotopic (exact) mass is 279 g/mol. The fraction of sp³-hybridized carbons (Fsp3) is 0.533. The third kappa shape index (κ3) is 3.63. The van der Waals surface area contributed by atoms with E-state index in [9.17, 15) is 4.79 Å². The second-order valence-corrected chi connectivity index (χ2v) is 4.76. The lowest BCUT2D eigenvalue weighted by Gasteiger charge is -2.21. The third-order valence-corrected chi connectivity index (χ3v) is 3.43. The van der Waals surface area contributed by atoms with Gasteiger partial charge in [-0.1, -0.05) is 12.1 Å². The smallest absolute Gasteiger partial charge is 0.320 e. The minimum atomic E-state index is -0.739. The van der Waals surface area contributed by atoms with Crippen molar-refractivity contribution in [2.75, 3.05) is 26.3 Å². The topological polar surface area (TPSA) is 59.0 Å². The SMILES string of the molecule is CCOc1ccccc1OCCN1CCC[C@H]1C(=O)O. The zero-order valence-electron chi connectivity index (χ0n) is 11.7. The Balaban J connectivity index is 1.85. The third-order valence-electron chi connectivity index (χ3n) is 3.43. The highest BCUT2D eigenvalue weighted by Crippen LogP contribution is 2.26. The summed E-state index contributed by atoms with van der Waals surface area (Å²) in [5.74, 6) is 0.698. The van der Waals surface area contributed by atoms with Crippen LogP contribution >= 0.6 is 0 Å². The van der Waals surface area contributed by atoms with Crippen molar-refractivity contribution in [2.24, 2.45) is 0 Å². The van der Waals surface area contributed by atoms with E-state index in [1.54, 1.807) is 0 Å². The normalized spacial score (nSPS) is 18.9. The van der Waals surface area contributed by atoms with E-state index < -0.39 is 5.97 Å². The molecule has 0 amide bonds. The molecule has 1 atom stereocenters. The number of hydrogen-bond acceptors (Lipinski definition) is 4. The molecule has 0 saturated carbocycles. The van der Waals surface area contributed by atoms with Crippen LogP contribution in [0.2, 0.25) is 0 Å². The molecule has 1 aliphatic rings. The summed E-state index contributed by atoms with van der Waals surface area (Å²) < 4.78 is 11.2. The van der Waals surface area contributed by atoms with E-state index in [1.807, 2.05) is 36.1 Å². The van der Waals surface area contributed by atoms with Crippen LogP contribution in [0.1, 0.15) is 19.8 Å². The maximum atomic E-state index is 11.1. The Morgan fingerprint density at radius 1 is 1.35 bits per heavy atom. The number of likely N-dealkylation sites (tertiary alicyclic amines) is 1. The minimum Gasteiger partial charge on any atom is -0.490 e. The molecule has 1 heterocycles. The maximum absolute atomic E-state index is 11.1. The number of para-hydroxylation sites is 2. The number of ether oxygens (including phenoxy) is 2. The van der Waals surface area contributed by atoms with Gasteiger partial charge in [0.05, 0.1) is 6.61 Å². The average molecular weight is 279 g/mol. The number of carboxylic acids is 1. The first kappa shape index (κ1) is 14.7. The Morgan fingerprint density at radius 3 is 2.70 bits per heavy atom. The molecule has 2 rings (SSSR count). The molecule has 110 valence electrons. The number of benzene rings is 1. The van der Waals surface area contributed by atoms with Crippen LogP contribution in [0.4, 0.5) is 0 Å². The van der Waals surface area contributed by atoms with E-state index in [4.69, 9.17) is 14.6 Å². The van der Waals surface area contributed by atoms with E-state index in [0.717, 1.165) is 25.1 Å². The van der Waals surface area contributed by atoms with E-state index >= 15 is 0 Å². The van der Waals surface area contributed by atoms with Gasteiger partial charge in [0.15, 0.2) is 11.5 Å². The van der Waals surface area contributed by atoms with Gasteiger partial charge in [0.1, 0.15) is 12.6 Å². The summed E-state index contributed by atoms with van der Waals surface area (Å²) in [7, 11) is 0. The van der Waals surface area contributed by atoms with Gasteiger partial charge < -0.3 is 14.6 Å². The first-order valence-corrected chi connectivity index (χ1v) is 7.04. The van der Waals surface area contributed by atoms with Crippen molar-refractivity contribution < 1.29 is 19.4 Å². The van der Waals surface area contributed by atoms with Crippen LogP contribution in [-0.4, -0.2) is 48.3 Å². The molecule has 20 heavy (non-hydrogen) atoms. The number of aliphatic carboxylic acids is 1. The molecule has 0 aromatic heterocycles. The summed E-state index contributed by atoms with van der Waals surface area (Å²) in [6.45, 7) is 4.44. The fourth-order valence-corrected chi connectivity index (χ4v) is 2.49. The van der Waals surface area contributed by atoms with Gasteiger partial charge in [-0.2, -0.15) is 0 Å². The maximum Gasteiger partial charge on any atom is 0.320 e. The molecule has 1 aromatic carbocycles. The van der Waals surface area contributed by atoms with Gasteiger partial charge in [0.25, 0.3) is 0 Å². The molecular formula is C15H21NO4. The zero-order chi connectivity index (χ0) is 14.4. The molecule has 1 N–H and O–H groups in total. The second-order valence-electron chi connectivity index (χ2n) is 4.76. The van der Waals surface area contributed by atoms with Gasteiger partial charge in [-0.3, -0.25) is 9.69 Å². The molecule has 5 heteroatoms. The number of rotatable bonds is 7. The van der Waals surface area contributed by atoms with Gasteiger partial charge in [-0.25, -0.2) is 0 Å². The Hall–Kier alpha value is -1.75. The van der Waals surface area contributed by atoms with Crippen molar-refractivity contribution in [3.63, 3.8) is 0 Å². The van der Waals surface area contributed by atoms with Crippen LogP contribution in [0.3, 0.4) is 0 Å². The molecular weight excluding hydrogens is 258 g/mol. The summed E-state index contributed by atoms with van der Waals surface area (Å²) in [4.78, 5) is 13.0. The van der Waals surface area contributed by atoms with Crippen molar-refractivity contribution >= 4 is 5.97 Å². The summed E-state index contributed by atoms with van der Waals surface area (Å²) in [6.07, 6.45) is 1.66. The molecule has 5 nitrogen and oxygen atoms in total. The highest BCUT2D eigenvalue weighted by atomic mass is 16.5. The zero-order valence-corrected chi connectivity index (χ0v) is 11.7. The van der Waals surface area contributed by atoms with Crippen molar-refractivity contribution in [2.45, 2.75) is 25.8 Å². The molecule has 1 fully saturated rings. The first-order chi connectivity index (χ1) is 9.72. The summed E-state index contributed by atoms with van der Waals surface area (Å²) in [5.41, 5.74) is 0. The highest BCUT2D eigenvalue weighted by molar-refractivity contribution is 5.73. The quantitative estimate of drug-likeness (QED) is 0.827. The van der Waals surface area contributed by atoms with Crippen LogP contribution in [0.25, 0.3) is 0 Å². The van der Waals surface area contributed by atoms with Gasteiger partial charge in [0, 0.05) is 6.54 Å². The Labute approximate surface area is 119 Å². The lowest BCUT2D eigenvalue weighted by molar-refractivity contribution is -0.142. The molecule has 0 radical (unpaired) electrons. The largest absolute Gasteiger partial charge is 0.490 e. The van der Waals surface area contributed by atoms with Gasteiger partial charge in [-0.15, -0.1) is 0 Å². The molecule has 1 aliphatic heterocycles. The van der Waals surface area contributed by atoms with E-state index in [2.05, 4.69) is 0 Å². The van der Waals surface area contributed by atoms with Gasteiger partial charge in [0.2, 0.25) is 0 Å². The van der Waals surface area contributed by atoms with E-state index in [-0.39, 0.29) is 6.04 Å². The van der Waals surface area contributed by atoms with Crippen LogP contribution in [0.15, 0.2) is 24.3 Å². The summed E-state index contributed by atoms with van der Waals surface area (Å²) in [6, 6.07) is 7.17. The molecule has 0 bridgehead atoms. The molecule has 1 saturated heterocycles. The Kier molecular flexibility index (Phi) is 5.24. The number of hydrogen-bond donors (Lipinski definition) is 1. The summed E-state index contributed by atoms with van der Waals surface area (Å²) in [5, 5.41) is 9.11. The lowest BCUT2D eigenvalue weighted by atomic mass is 10.2. The first-order valence-electron chi connectivity index (χ1n) is 7.04. The predicted molar refractivity (Wildman–Crippen MR) is 75.3 cm³/mol. The van der Waals surface area contributed by atoms with E-state index in [0.29, 0.717) is 25.5 Å². The van der Waals surface area contributed by atoms with Crippen LogP contribution in [0, 0.1) is 0 Å². The molecule has 0 unspecified atom stereocenters. The van der Waals surface area contributed by atoms with Crippen molar-refractivity contribution in [1.29, 1.82) is 0 Å². The predicted octanol–water partition coefficient (Wildman–Crippen LogP) is 2.01. The van der Waals surface area contributed by atoms with Gasteiger partial charge >= 0.3 is 5.97 Å². The van der Waals surface area contributed by atoms with Crippen molar-refractivity contribution in [3.8, 4) is 11.5 Å². The Morgan fingerprint density at radius 2 is 2.05 bits per heavy atom. The minimum absolute atomic E-state index is 0.360. The number of carbonyl (C=O) groups is 1. The lowest BCUT2D eigenvalue weighted by Crippen LogP contribution is -2.38. The van der Waals surface area contributed by atoms with E-state index in [1.165, 1.54) is 0 Å². The van der Waals surface area contributed by atoms with Crippen molar-refractivity contribution in [1.82, 2.24) is 4.90 Å². The fourth-order valence-electron chi connectivity index (χ4n) is 2.49. The Bertz CT molecular complexity index is 449. The molecule has 0 aliphatic carbocycles. The highest BCUT2D eigenvalue weighted by Gasteiger charge is 2.29. The second kappa shape index (κ2) is 7.14.